The van der Waals surface area contributed by atoms with Crippen molar-refractivity contribution in [3.63, 3.8) is 0 Å². The van der Waals surface area contributed by atoms with Crippen molar-refractivity contribution in [3.8, 4) is 0 Å². The molecule has 2 saturated heterocycles. The number of carbonyl (C=O) groups is 7. The first-order chi connectivity index (χ1) is 47.3. The van der Waals surface area contributed by atoms with Crippen LogP contribution in [0.1, 0.15) is 247 Å². The van der Waals surface area contributed by atoms with Gasteiger partial charge in [-0.05, 0) is 196 Å². The van der Waals surface area contributed by atoms with Crippen molar-refractivity contribution in [2.24, 2.45) is 0 Å². The van der Waals surface area contributed by atoms with Gasteiger partial charge >= 0.3 is 0 Å². The molecule has 10 atom stereocenters. The number of ether oxygens (including phenoxy) is 2. The number of nitrogens with one attached hydrogen (secondary N) is 7. The molecule has 586 valence electrons. The van der Waals surface area contributed by atoms with Gasteiger partial charge in [-0.15, -0.1) is 23.5 Å². The van der Waals surface area contributed by atoms with Gasteiger partial charge in [-0.2, -0.15) is 0 Å². The van der Waals surface area contributed by atoms with Crippen molar-refractivity contribution in [2.75, 3.05) is 112 Å². The number of hydrogen-bond donors (Lipinski definition) is 15. The standard InChI is InChI=1S/C39H75N5O9S.C33H64N4O8S/c1-37(50)31(30-45)53-36(38(2,51)39(37,3)52)54-29-19-18-28-44(5)35(49)23-13-9-17-27-43-34(48)22-12-8-16-26-42-33(47)21-11-7-15-25-41-32(46)20-10-6-14-24-40-4;1-31(42)26(25-38)45-30(32(2,43)33(31,3)44)46-24-16-15-23-37(5)29(41)19-11-8-14-22-36-28(40)18-10-7-13-21-35-27(39)17-9-6-12-20-34-4/h31,36,40,45,50-52H,6-30H2,1-5H3,(H,41,46)(H,42,47)(H,43,48);26,30,34,38,42-44H,6-25H2,1-5H3,(H,35,39)(H,36,40). The highest BCUT2D eigenvalue weighted by Gasteiger charge is 2.67. The average molecular weight is 1470 g/mol. The van der Waals surface area contributed by atoms with Crippen LogP contribution in [0.15, 0.2) is 0 Å². The molecule has 7 amide bonds. The summed E-state index contributed by atoms with van der Waals surface area (Å²) in [5, 5.41) is 105. The van der Waals surface area contributed by atoms with Gasteiger partial charge in [0, 0.05) is 105 Å². The largest absolute Gasteiger partial charge is 0.394 e. The SMILES string of the molecule is CNCCCCCC(=O)NCCCCCC(=O)NCCCCCC(=O)N(C)CCCCSC1OC(CO)C(C)(O)C(C)(O)C1(C)O.CNCCCCCC(=O)NCCCCCC(=O)NCCCCCC(=O)NCCCCCC(=O)N(C)CCCCSC1OC(CO)C(C)(O)C(C)(O)C1(C)O. The van der Waals surface area contributed by atoms with Crippen LogP contribution in [0.2, 0.25) is 0 Å². The van der Waals surface area contributed by atoms with E-state index in [0.717, 1.165) is 174 Å². The topological polar surface area (TPSA) is 390 Å². The molecule has 10 unspecified atom stereocenters. The molecule has 26 nitrogen and oxygen atoms in total. The summed E-state index contributed by atoms with van der Waals surface area (Å²) in [6.45, 7) is 13.6. The molecule has 2 aliphatic heterocycles. The Bertz CT molecular complexity index is 2270. The van der Waals surface area contributed by atoms with Gasteiger partial charge in [0.25, 0.3) is 0 Å². The van der Waals surface area contributed by atoms with E-state index in [-0.39, 0.29) is 41.4 Å². The molecule has 15 N–H and O–H groups in total. The lowest BCUT2D eigenvalue weighted by Crippen LogP contribution is -2.76. The van der Waals surface area contributed by atoms with Crippen molar-refractivity contribution in [3.05, 3.63) is 0 Å². The van der Waals surface area contributed by atoms with Gasteiger partial charge in [0.05, 0.1) is 13.2 Å². The Morgan fingerprint density at radius 3 is 0.820 bits per heavy atom. The Labute approximate surface area is 608 Å². The van der Waals surface area contributed by atoms with E-state index in [9.17, 15) is 74.4 Å². The quantitative estimate of drug-likeness (QED) is 0.0364. The van der Waals surface area contributed by atoms with Gasteiger partial charge in [0.15, 0.2) is 0 Å². The van der Waals surface area contributed by atoms with Crippen LogP contribution < -0.4 is 37.2 Å². The fourth-order valence-electron chi connectivity index (χ4n) is 11.7. The predicted octanol–water partition coefficient (Wildman–Crippen LogP) is 4.80. The molecule has 0 spiro atoms. The molecule has 0 aliphatic carbocycles. The van der Waals surface area contributed by atoms with E-state index in [4.69, 9.17) is 9.47 Å². The summed E-state index contributed by atoms with van der Waals surface area (Å²) in [5.41, 5.74) is -12.6. The molecule has 100 heavy (non-hydrogen) atoms. The second-order valence-electron chi connectivity index (χ2n) is 28.4. The summed E-state index contributed by atoms with van der Waals surface area (Å²) < 4.78 is 11.5. The van der Waals surface area contributed by atoms with Crippen LogP contribution in [0.5, 0.6) is 0 Å². The van der Waals surface area contributed by atoms with Crippen LogP contribution in [-0.2, 0) is 43.0 Å². The first-order valence-electron chi connectivity index (χ1n) is 37.5. The van der Waals surface area contributed by atoms with E-state index in [1.807, 2.05) is 14.1 Å². The molecule has 2 rings (SSSR count). The Kier molecular flexibility index (Phi) is 49.6. The third-order valence-electron chi connectivity index (χ3n) is 19.8. The molecule has 0 aromatic heterocycles. The second kappa shape index (κ2) is 52.5. The highest BCUT2D eigenvalue weighted by atomic mass is 32.2. The molecule has 0 radical (unpaired) electrons. The minimum atomic E-state index is -1.90. The highest BCUT2D eigenvalue weighted by molar-refractivity contribution is 8.00. The van der Waals surface area contributed by atoms with Gasteiger partial charge in [-0.3, -0.25) is 33.6 Å². The van der Waals surface area contributed by atoms with Crippen LogP contribution in [0.4, 0.5) is 0 Å². The maximum absolute atomic E-state index is 12.5. The molecule has 0 aromatic carbocycles. The van der Waals surface area contributed by atoms with Gasteiger partial charge in [0.1, 0.15) is 56.7 Å². The van der Waals surface area contributed by atoms with Gasteiger partial charge in [-0.25, -0.2) is 0 Å². The maximum Gasteiger partial charge on any atom is 0.222 e. The zero-order valence-electron chi connectivity index (χ0n) is 63.1. The lowest BCUT2D eigenvalue weighted by atomic mass is 9.69. The maximum atomic E-state index is 12.5. The number of carbonyl (C=O) groups excluding carboxylic acids is 7. The number of thioether (sulfide) groups is 2. The second-order valence-corrected chi connectivity index (χ2v) is 30.8. The zero-order chi connectivity index (χ0) is 75.1. The van der Waals surface area contributed by atoms with Crippen molar-refractivity contribution in [2.45, 2.75) is 304 Å². The van der Waals surface area contributed by atoms with Crippen LogP contribution in [0.3, 0.4) is 0 Å². The Hall–Kier alpha value is -3.49. The van der Waals surface area contributed by atoms with E-state index in [1.54, 1.807) is 23.9 Å². The van der Waals surface area contributed by atoms with E-state index in [0.29, 0.717) is 102 Å². The van der Waals surface area contributed by atoms with Crippen LogP contribution in [0, 0.1) is 0 Å². The zero-order valence-corrected chi connectivity index (χ0v) is 64.7. The Morgan fingerprint density at radius 2 is 0.580 bits per heavy atom. The average Bonchev–Trinajstić information content (AvgIpc) is 0.733. The molecular weight excluding hydrogens is 1330 g/mol. The van der Waals surface area contributed by atoms with Crippen molar-refractivity contribution < 1.29 is 83.9 Å². The van der Waals surface area contributed by atoms with Gasteiger partial charge in [0.2, 0.25) is 41.4 Å². The van der Waals surface area contributed by atoms with Gasteiger partial charge < -0.3 is 97.3 Å². The fourth-order valence-corrected chi connectivity index (χ4v) is 14.4. The summed E-state index contributed by atoms with van der Waals surface area (Å²) in [4.78, 5) is 88.4. The summed E-state index contributed by atoms with van der Waals surface area (Å²) in [5.74, 6) is 1.71. The molecule has 0 aromatic rings. The summed E-state index contributed by atoms with van der Waals surface area (Å²) in [7, 11) is 7.43. The van der Waals surface area contributed by atoms with E-state index >= 15 is 0 Å². The molecule has 2 fully saturated rings. The molecule has 0 saturated carbocycles. The van der Waals surface area contributed by atoms with Crippen LogP contribution >= 0.6 is 23.5 Å². The number of aliphatic hydroxyl groups excluding tert-OH is 2. The molecule has 2 aliphatic rings. The summed E-state index contributed by atoms with van der Waals surface area (Å²) in [6, 6.07) is 0. The number of aliphatic hydroxyl groups is 8. The monoisotopic (exact) mass is 1470 g/mol. The highest BCUT2D eigenvalue weighted by Crippen LogP contribution is 2.49. The van der Waals surface area contributed by atoms with E-state index in [1.165, 1.54) is 65.1 Å². The number of hydrogen-bond acceptors (Lipinski definition) is 21. The molecule has 28 heteroatoms. The normalized spacial score (nSPS) is 24.9. The third kappa shape index (κ3) is 36.0. The van der Waals surface area contributed by atoms with E-state index in [2.05, 4.69) is 37.2 Å². The summed E-state index contributed by atoms with van der Waals surface area (Å²) in [6.07, 6.45) is 23.1. The van der Waals surface area contributed by atoms with Crippen molar-refractivity contribution in [1.29, 1.82) is 0 Å². The van der Waals surface area contributed by atoms with Crippen LogP contribution in [0.25, 0.3) is 0 Å². The predicted molar refractivity (Wildman–Crippen MR) is 396 cm³/mol. The first kappa shape index (κ1) is 94.5. The van der Waals surface area contributed by atoms with Crippen molar-refractivity contribution >= 4 is 64.9 Å². The fraction of sp³-hybridized carbons (Fsp3) is 0.903. The Morgan fingerprint density at radius 1 is 0.340 bits per heavy atom. The van der Waals surface area contributed by atoms with E-state index < -0.39 is 69.9 Å². The van der Waals surface area contributed by atoms with Crippen LogP contribution in [-0.4, -0.2) is 261 Å². The van der Waals surface area contributed by atoms with Crippen molar-refractivity contribution in [1.82, 2.24) is 47.0 Å². The third-order valence-corrected chi connectivity index (χ3v) is 22.6. The minimum Gasteiger partial charge on any atom is -0.394 e. The molecule has 0 bridgehead atoms. The number of rotatable bonds is 56. The molecule has 2 heterocycles. The first-order valence-corrected chi connectivity index (χ1v) is 39.6. The smallest absolute Gasteiger partial charge is 0.222 e. The van der Waals surface area contributed by atoms with Gasteiger partial charge in [-0.1, -0.05) is 44.9 Å². The number of amides is 7. The Balaban J connectivity index is 0.00000101. The minimum absolute atomic E-state index is 0.0258. The number of nitrogens with zero attached hydrogens (tertiary/aromatic N) is 2. The molecular formula is C72H139N9O17S2. The lowest BCUT2D eigenvalue weighted by molar-refractivity contribution is -0.326. The summed E-state index contributed by atoms with van der Waals surface area (Å²) >= 11 is 2.63. The number of unbranched alkanes of at least 4 members (excludes halogenated alkanes) is 16. The lowest BCUT2D eigenvalue weighted by Gasteiger charge is -2.57.